The Kier molecular flexibility index (Phi) is 2.59. The van der Waals surface area contributed by atoms with Crippen molar-refractivity contribution in [3.63, 3.8) is 0 Å². The summed E-state index contributed by atoms with van der Waals surface area (Å²) in [6.07, 6.45) is 3.22. The molecule has 1 aliphatic carbocycles. The normalized spacial score (nSPS) is 17.3. The third kappa shape index (κ3) is 2.09. The molecule has 0 radical (unpaired) electrons. The van der Waals surface area contributed by atoms with Gasteiger partial charge >= 0.3 is 0 Å². The SMILES string of the molecule is Cc1cccc(-n2ncc3c2CC(C)(C)CC3=O)c1. The summed E-state index contributed by atoms with van der Waals surface area (Å²) in [5.74, 6) is 0.213. The average molecular weight is 254 g/mol. The molecule has 3 nitrogen and oxygen atoms in total. The van der Waals surface area contributed by atoms with E-state index in [1.54, 1.807) is 6.20 Å². The molecular formula is C16H18N2O. The van der Waals surface area contributed by atoms with Gasteiger partial charge in [0, 0.05) is 6.42 Å². The van der Waals surface area contributed by atoms with Gasteiger partial charge in [-0.25, -0.2) is 4.68 Å². The van der Waals surface area contributed by atoms with Crippen molar-refractivity contribution in [2.75, 3.05) is 0 Å². The van der Waals surface area contributed by atoms with Crippen molar-refractivity contribution in [1.29, 1.82) is 0 Å². The third-order valence-corrected chi connectivity index (χ3v) is 3.70. The zero-order valence-corrected chi connectivity index (χ0v) is 11.6. The van der Waals surface area contributed by atoms with E-state index in [1.165, 1.54) is 5.56 Å². The van der Waals surface area contributed by atoms with Crippen molar-refractivity contribution in [2.45, 2.75) is 33.6 Å². The molecule has 0 bridgehead atoms. The van der Waals surface area contributed by atoms with Gasteiger partial charge in [0.05, 0.1) is 23.1 Å². The Morgan fingerprint density at radius 3 is 2.79 bits per heavy atom. The molecule has 2 aromatic rings. The Morgan fingerprint density at radius 2 is 2.05 bits per heavy atom. The first kappa shape index (κ1) is 12.2. The Bertz CT molecular complexity index is 653. The quantitative estimate of drug-likeness (QED) is 0.782. The van der Waals surface area contributed by atoms with Crippen molar-refractivity contribution in [3.05, 3.63) is 47.3 Å². The van der Waals surface area contributed by atoms with Crippen LogP contribution in [0.1, 0.15) is 41.9 Å². The Labute approximate surface area is 113 Å². The second kappa shape index (κ2) is 4.05. The predicted molar refractivity (Wildman–Crippen MR) is 74.7 cm³/mol. The number of Topliss-reactive ketones (excluding diaryl/α,β-unsaturated/α-hetero) is 1. The van der Waals surface area contributed by atoms with Crippen molar-refractivity contribution in [1.82, 2.24) is 9.78 Å². The van der Waals surface area contributed by atoms with E-state index in [0.29, 0.717) is 6.42 Å². The number of hydrogen-bond acceptors (Lipinski definition) is 2. The number of hydrogen-bond donors (Lipinski definition) is 0. The molecule has 3 heteroatoms. The molecule has 0 amide bonds. The van der Waals surface area contributed by atoms with Crippen LogP contribution in [0.25, 0.3) is 5.69 Å². The fourth-order valence-corrected chi connectivity index (χ4v) is 2.80. The lowest BCUT2D eigenvalue weighted by atomic mass is 9.76. The number of carbonyl (C=O) groups excluding carboxylic acids is 1. The minimum absolute atomic E-state index is 0.0195. The molecule has 98 valence electrons. The molecule has 1 aliphatic rings. The zero-order chi connectivity index (χ0) is 13.6. The molecule has 0 saturated heterocycles. The first-order valence-corrected chi connectivity index (χ1v) is 6.63. The Morgan fingerprint density at radius 1 is 1.26 bits per heavy atom. The lowest BCUT2D eigenvalue weighted by Gasteiger charge is -2.28. The van der Waals surface area contributed by atoms with Crippen molar-refractivity contribution >= 4 is 5.78 Å². The highest BCUT2D eigenvalue weighted by atomic mass is 16.1. The van der Waals surface area contributed by atoms with Crippen LogP contribution in [0.3, 0.4) is 0 Å². The van der Waals surface area contributed by atoms with Gasteiger partial charge in [0.25, 0.3) is 0 Å². The van der Waals surface area contributed by atoms with Crippen LogP contribution >= 0.6 is 0 Å². The Hall–Kier alpha value is -1.90. The summed E-state index contributed by atoms with van der Waals surface area (Å²) in [5.41, 5.74) is 4.09. The standard InChI is InChI=1S/C16H18N2O/c1-11-5-4-6-12(7-11)18-14-8-16(2,3)9-15(19)13(14)10-17-18/h4-7,10H,8-9H2,1-3H3. The van der Waals surface area contributed by atoms with E-state index in [-0.39, 0.29) is 11.2 Å². The van der Waals surface area contributed by atoms with E-state index in [1.807, 2.05) is 16.8 Å². The molecule has 0 N–H and O–H groups in total. The van der Waals surface area contributed by atoms with E-state index < -0.39 is 0 Å². The number of rotatable bonds is 1. The number of benzene rings is 1. The molecule has 0 aliphatic heterocycles. The number of carbonyl (C=O) groups is 1. The van der Waals surface area contributed by atoms with E-state index in [2.05, 4.69) is 38.0 Å². The highest BCUT2D eigenvalue weighted by molar-refractivity contribution is 5.98. The summed E-state index contributed by atoms with van der Waals surface area (Å²) < 4.78 is 1.92. The fourth-order valence-electron chi connectivity index (χ4n) is 2.80. The molecule has 0 unspecified atom stereocenters. The van der Waals surface area contributed by atoms with Gasteiger partial charge in [0.2, 0.25) is 0 Å². The van der Waals surface area contributed by atoms with Gasteiger partial charge in [-0.05, 0) is 36.5 Å². The van der Waals surface area contributed by atoms with Gasteiger partial charge in [-0.2, -0.15) is 5.10 Å². The number of fused-ring (bicyclic) bond motifs is 1. The second-order valence-corrected chi connectivity index (χ2v) is 6.20. The maximum absolute atomic E-state index is 12.2. The molecular weight excluding hydrogens is 236 g/mol. The van der Waals surface area contributed by atoms with E-state index in [9.17, 15) is 4.79 Å². The number of aromatic nitrogens is 2. The monoisotopic (exact) mass is 254 g/mol. The summed E-state index contributed by atoms with van der Waals surface area (Å²) >= 11 is 0. The molecule has 0 fully saturated rings. The summed E-state index contributed by atoms with van der Waals surface area (Å²) in [4.78, 5) is 12.2. The highest BCUT2D eigenvalue weighted by Crippen LogP contribution is 2.35. The van der Waals surface area contributed by atoms with E-state index in [4.69, 9.17) is 0 Å². The van der Waals surface area contributed by atoms with Crippen LogP contribution in [-0.2, 0) is 6.42 Å². The fraction of sp³-hybridized carbons (Fsp3) is 0.375. The van der Waals surface area contributed by atoms with Crippen molar-refractivity contribution in [2.24, 2.45) is 5.41 Å². The smallest absolute Gasteiger partial charge is 0.166 e. The van der Waals surface area contributed by atoms with Gasteiger partial charge in [-0.3, -0.25) is 4.79 Å². The van der Waals surface area contributed by atoms with Gasteiger partial charge in [-0.15, -0.1) is 0 Å². The highest BCUT2D eigenvalue weighted by Gasteiger charge is 2.33. The van der Waals surface area contributed by atoms with E-state index in [0.717, 1.165) is 23.4 Å². The average Bonchev–Trinajstić information content (AvgIpc) is 2.71. The minimum atomic E-state index is 0.0195. The molecule has 1 heterocycles. The topological polar surface area (TPSA) is 34.9 Å². The zero-order valence-electron chi connectivity index (χ0n) is 11.6. The third-order valence-electron chi connectivity index (χ3n) is 3.70. The summed E-state index contributed by atoms with van der Waals surface area (Å²) in [6.45, 7) is 6.34. The van der Waals surface area contributed by atoms with Gasteiger partial charge < -0.3 is 0 Å². The van der Waals surface area contributed by atoms with Crippen LogP contribution < -0.4 is 0 Å². The van der Waals surface area contributed by atoms with Gasteiger partial charge in [-0.1, -0.05) is 26.0 Å². The largest absolute Gasteiger partial charge is 0.294 e. The predicted octanol–water partition coefficient (Wildman–Crippen LogP) is 3.34. The molecule has 3 rings (SSSR count). The van der Waals surface area contributed by atoms with Gasteiger partial charge in [0.15, 0.2) is 5.78 Å². The number of ketones is 1. The lowest BCUT2D eigenvalue weighted by Crippen LogP contribution is -2.27. The van der Waals surface area contributed by atoms with Gasteiger partial charge in [0.1, 0.15) is 0 Å². The molecule has 1 aromatic carbocycles. The summed E-state index contributed by atoms with van der Waals surface area (Å²) in [6, 6.07) is 8.22. The maximum atomic E-state index is 12.2. The first-order valence-electron chi connectivity index (χ1n) is 6.63. The van der Waals surface area contributed by atoms with Crippen molar-refractivity contribution < 1.29 is 4.79 Å². The van der Waals surface area contributed by atoms with E-state index >= 15 is 0 Å². The molecule has 0 spiro atoms. The summed E-state index contributed by atoms with van der Waals surface area (Å²) in [5, 5.41) is 4.42. The van der Waals surface area contributed by atoms with Crippen LogP contribution in [0.5, 0.6) is 0 Å². The van der Waals surface area contributed by atoms with Crippen LogP contribution in [0.4, 0.5) is 0 Å². The summed E-state index contributed by atoms with van der Waals surface area (Å²) in [7, 11) is 0. The number of nitrogens with zero attached hydrogens (tertiary/aromatic N) is 2. The first-order chi connectivity index (χ1) is 8.96. The van der Waals surface area contributed by atoms with Crippen LogP contribution in [0, 0.1) is 12.3 Å². The number of aryl methyl sites for hydroxylation is 1. The molecule has 19 heavy (non-hydrogen) atoms. The lowest BCUT2D eigenvalue weighted by molar-refractivity contribution is 0.0911. The Balaban J connectivity index is 2.14. The molecule has 1 aromatic heterocycles. The maximum Gasteiger partial charge on any atom is 0.166 e. The second-order valence-electron chi connectivity index (χ2n) is 6.20. The van der Waals surface area contributed by atoms with Crippen LogP contribution in [-0.4, -0.2) is 15.6 Å². The minimum Gasteiger partial charge on any atom is -0.294 e. The van der Waals surface area contributed by atoms with Crippen molar-refractivity contribution in [3.8, 4) is 5.69 Å². The van der Waals surface area contributed by atoms with Crippen LogP contribution in [0.2, 0.25) is 0 Å². The molecule has 0 atom stereocenters. The van der Waals surface area contributed by atoms with Crippen LogP contribution in [0.15, 0.2) is 30.5 Å². The molecule has 0 saturated carbocycles.